The van der Waals surface area contributed by atoms with Crippen molar-refractivity contribution in [3.8, 4) is 0 Å². The first kappa shape index (κ1) is 13.8. The van der Waals surface area contributed by atoms with Gasteiger partial charge in [0.05, 0.1) is 0 Å². The summed E-state index contributed by atoms with van der Waals surface area (Å²) in [5.41, 5.74) is 1.28. The van der Waals surface area contributed by atoms with Gasteiger partial charge in [0.15, 0.2) is 0 Å². The molecule has 1 aliphatic carbocycles. The van der Waals surface area contributed by atoms with Crippen LogP contribution in [0.15, 0.2) is 12.3 Å². The lowest BCUT2D eigenvalue weighted by atomic mass is 10.1. The van der Waals surface area contributed by atoms with Gasteiger partial charge < -0.3 is 10.4 Å². The first-order valence-corrected chi connectivity index (χ1v) is 6.64. The summed E-state index contributed by atoms with van der Waals surface area (Å²) in [5, 5.41) is 12.3. The molecule has 102 valence electrons. The summed E-state index contributed by atoms with van der Waals surface area (Å²) >= 11 is 5.81. The van der Waals surface area contributed by atoms with Crippen molar-refractivity contribution in [2.75, 3.05) is 5.32 Å². The highest BCUT2D eigenvalue weighted by Crippen LogP contribution is 2.27. The Balaban J connectivity index is 2.29. The predicted molar refractivity (Wildman–Crippen MR) is 74.2 cm³/mol. The zero-order valence-electron chi connectivity index (χ0n) is 10.7. The van der Waals surface area contributed by atoms with Crippen molar-refractivity contribution >= 4 is 29.0 Å². The van der Waals surface area contributed by atoms with E-state index < -0.39 is 5.97 Å². The average Bonchev–Trinajstić information content (AvgIpc) is 2.80. The second-order valence-electron chi connectivity index (χ2n) is 4.69. The third-order valence-electron chi connectivity index (χ3n) is 3.22. The number of aliphatic carboxylic acids is 1. The highest BCUT2D eigenvalue weighted by molar-refractivity contribution is 6.28. The molecule has 1 aromatic heterocycles. The second kappa shape index (κ2) is 6.02. The molecule has 2 N–H and O–H groups in total. The maximum Gasteiger partial charge on any atom is 0.328 e. The van der Waals surface area contributed by atoms with Gasteiger partial charge in [0.25, 0.3) is 0 Å². The van der Waals surface area contributed by atoms with Crippen LogP contribution >= 0.6 is 11.6 Å². The predicted octanol–water partition coefficient (Wildman–Crippen LogP) is 2.97. The maximum absolute atomic E-state index is 10.7. The normalized spacial score (nSPS) is 16.6. The Labute approximate surface area is 116 Å². The van der Waals surface area contributed by atoms with Crippen LogP contribution in [0.1, 0.15) is 38.2 Å². The van der Waals surface area contributed by atoms with E-state index in [1.165, 1.54) is 12.8 Å². The molecule has 0 saturated heterocycles. The molecule has 2 rings (SSSR count). The van der Waals surface area contributed by atoms with Gasteiger partial charge in [-0.2, -0.15) is 0 Å². The lowest BCUT2D eigenvalue weighted by Gasteiger charge is -2.16. The highest BCUT2D eigenvalue weighted by Gasteiger charge is 2.18. The van der Waals surface area contributed by atoms with Crippen molar-refractivity contribution in [1.82, 2.24) is 9.97 Å². The smallest absolute Gasteiger partial charge is 0.328 e. The number of hydrogen-bond donors (Lipinski definition) is 2. The van der Waals surface area contributed by atoms with Crippen LogP contribution in [-0.4, -0.2) is 27.1 Å². The summed E-state index contributed by atoms with van der Waals surface area (Å²) in [5.74, 6) is -0.374. The standard InChI is InChI=1S/C13H16ClN3O2/c1-8(6-11(18)19)10-7-15-13(14)17-12(10)16-9-4-2-3-5-9/h6-7,9H,2-5H2,1H3,(H,18,19)(H,15,16,17)/b8-6-. The molecule has 0 aromatic carbocycles. The third-order valence-corrected chi connectivity index (χ3v) is 3.40. The van der Waals surface area contributed by atoms with E-state index in [9.17, 15) is 4.79 Å². The minimum atomic E-state index is -0.987. The van der Waals surface area contributed by atoms with E-state index in [-0.39, 0.29) is 5.28 Å². The van der Waals surface area contributed by atoms with Gasteiger partial charge in [0.1, 0.15) is 5.82 Å². The van der Waals surface area contributed by atoms with E-state index in [1.807, 2.05) is 0 Å². The summed E-state index contributed by atoms with van der Waals surface area (Å²) in [7, 11) is 0. The number of rotatable bonds is 4. The first-order valence-electron chi connectivity index (χ1n) is 6.27. The number of carboxylic acid groups (broad SMARTS) is 1. The molecule has 0 amide bonds. The number of nitrogens with zero attached hydrogens (tertiary/aromatic N) is 2. The van der Waals surface area contributed by atoms with E-state index in [0.717, 1.165) is 18.9 Å². The number of carbonyl (C=O) groups is 1. The number of nitrogens with one attached hydrogen (secondary N) is 1. The van der Waals surface area contributed by atoms with Crippen LogP contribution < -0.4 is 5.32 Å². The molecule has 0 bridgehead atoms. The number of allylic oxidation sites excluding steroid dienone is 1. The van der Waals surface area contributed by atoms with Gasteiger partial charge in [-0.1, -0.05) is 12.8 Å². The fraction of sp³-hybridized carbons (Fsp3) is 0.462. The zero-order valence-corrected chi connectivity index (χ0v) is 11.4. The molecule has 1 aromatic rings. The Bertz CT molecular complexity index is 511. The van der Waals surface area contributed by atoms with Crippen molar-refractivity contribution in [3.63, 3.8) is 0 Å². The fourth-order valence-corrected chi connectivity index (χ4v) is 2.42. The topological polar surface area (TPSA) is 75.1 Å². The van der Waals surface area contributed by atoms with Crippen molar-refractivity contribution in [2.24, 2.45) is 0 Å². The Morgan fingerprint density at radius 3 is 2.84 bits per heavy atom. The summed E-state index contributed by atoms with van der Waals surface area (Å²) in [6, 6.07) is 0.377. The van der Waals surface area contributed by atoms with E-state index in [0.29, 0.717) is 23.0 Å². The van der Waals surface area contributed by atoms with Gasteiger partial charge in [-0.3, -0.25) is 0 Å². The van der Waals surface area contributed by atoms with Crippen LogP contribution in [0.4, 0.5) is 5.82 Å². The maximum atomic E-state index is 10.7. The molecule has 0 unspecified atom stereocenters. The Morgan fingerprint density at radius 1 is 1.53 bits per heavy atom. The lowest BCUT2D eigenvalue weighted by Crippen LogP contribution is -2.17. The van der Waals surface area contributed by atoms with Gasteiger partial charge in [0.2, 0.25) is 5.28 Å². The monoisotopic (exact) mass is 281 g/mol. The zero-order chi connectivity index (χ0) is 13.8. The number of hydrogen-bond acceptors (Lipinski definition) is 4. The second-order valence-corrected chi connectivity index (χ2v) is 5.03. The molecule has 0 radical (unpaired) electrons. The summed E-state index contributed by atoms with van der Waals surface area (Å²) in [4.78, 5) is 18.8. The summed E-state index contributed by atoms with van der Waals surface area (Å²) < 4.78 is 0. The van der Waals surface area contributed by atoms with Crippen LogP contribution in [0.3, 0.4) is 0 Å². The highest BCUT2D eigenvalue weighted by atomic mass is 35.5. The minimum absolute atomic E-state index is 0.160. The number of carboxylic acids is 1. The van der Waals surface area contributed by atoms with E-state index in [2.05, 4.69) is 15.3 Å². The van der Waals surface area contributed by atoms with Crippen LogP contribution in [0.25, 0.3) is 5.57 Å². The molecule has 19 heavy (non-hydrogen) atoms. The molecule has 0 atom stereocenters. The van der Waals surface area contributed by atoms with Gasteiger partial charge >= 0.3 is 5.97 Å². The van der Waals surface area contributed by atoms with Crippen molar-refractivity contribution in [3.05, 3.63) is 23.1 Å². The largest absolute Gasteiger partial charge is 0.478 e. The van der Waals surface area contributed by atoms with Gasteiger partial charge in [-0.05, 0) is 36.9 Å². The van der Waals surface area contributed by atoms with E-state index in [4.69, 9.17) is 16.7 Å². The molecule has 0 aliphatic heterocycles. The Kier molecular flexibility index (Phi) is 4.37. The van der Waals surface area contributed by atoms with E-state index >= 15 is 0 Å². The minimum Gasteiger partial charge on any atom is -0.478 e. The van der Waals surface area contributed by atoms with Gasteiger partial charge in [0, 0.05) is 23.9 Å². The number of aromatic nitrogens is 2. The van der Waals surface area contributed by atoms with Crippen LogP contribution in [0.5, 0.6) is 0 Å². The van der Waals surface area contributed by atoms with Crippen molar-refractivity contribution < 1.29 is 9.90 Å². The Morgan fingerprint density at radius 2 is 2.21 bits per heavy atom. The van der Waals surface area contributed by atoms with Crippen LogP contribution in [-0.2, 0) is 4.79 Å². The molecule has 1 heterocycles. The average molecular weight is 282 g/mol. The molecule has 1 aliphatic rings. The van der Waals surface area contributed by atoms with Gasteiger partial charge in [-0.25, -0.2) is 14.8 Å². The molecule has 5 nitrogen and oxygen atoms in total. The quantitative estimate of drug-likeness (QED) is 0.655. The molecule has 1 saturated carbocycles. The molecule has 6 heteroatoms. The molecular formula is C13H16ClN3O2. The van der Waals surface area contributed by atoms with Crippen molar-refractivity contribution in [1.29, 1.82) is 0 Å². The third kappa shape index (κ3) is 3.67. The lowest BCUT2D eigenvalue weighted by molar-refractivity contribution is -0.131. The number of halogens is 1. The molecular weight excluding hydrogens is 266 g/mol. The SMILES string of the molecule is C/C(=C/C(=O)O)c1cnc(Cl)nc1NC1CCCC1. The van der Waals surface area contributed by atoms with Gasteiger partial charge in [-0.15, -0.1) is 0 Å². The Hall–Kier alpha value is -1.62. The van der Waals surface area contributed by atoms with E-state index in [1.54, 1.807) is 13.1 Å². The van der Waals surface area contributed by atoms with Crippen LogP contribution in [0, 0.1) is 0 Å². The number of anilines is 1. The van der Waals surface area contributed by atoms with Crippen molar-refractivity contribution in [2.45, 2.75) is 38.6 Å². The summed E-state index contributed by atoms with van der Waals surface area (Å²) in [6.07, 6.45) is 7.31. The first-order chi connectivity index (χ1) is 9.06. The molecule has 1 fully saturated rings. The summed E-state index contributed by atoms with van der Waals surface area (Å²) in [6.45, 7) is 1.72. The fourth-order valence-electron chi connectivity index (χ4n) is 2.29. The molecule has 0 spiro atoms. The van der Waals surface area contributed by atoms with Crippen LogP contribution in [0.2, 0.25) is 5.28 Å².